The van der Waals surface area contributed by atoms with Gasteiger partial charge in [-0.1, -0.05) is 6.92 Å². The molecule has 2 aromatic heterocycles. The van der Waals surface area contributed by atoms with E-state index < -0.39 is 0 Å². The van der Waals surface area contributed by atoms with Gasteiger partial charge in [-0.2, -0.15) is 0 Å². The molecule has 2 N–H and O–H groups in total. The Balaban J connectivity index is 2.12. The van der Waals surface area contributed by atoms with Gasteiger partial charge >= 0.3 is 0 Å². The van der Waals surface area contributed by atoms with Crippen molar-refractivity contribution in [2.75, 3.05) is 5.73 Å². The number of aryl methyl sites for hydroxylation is 1. The fourth-order valence-corrected chi connectivity index (χ4v) is 2.60. The SMILES string of the molecule is CCc1nc(-c2cncc(Br)c2)c(N)n1C1CC1. The minimum atomic E-state index is 0.557. The Morgan fingerprint density at radius 1 is 1.44 bits per heavy atom. The summed E-state index contributed by atoms with van der Waals surface area (Å²) >= 11 is 3.43. The van der Waals surface area contributed by atoms with Crippen LogP contribution in [0.3, 0.4) is 0 Å². The monoisotopic (exact) mass is 306 g/mol. The first-order valence-electron chi connectivity index (χ1n) is 6.18. The number of nitrogens with two attached hydrogens (primary N) is 1. The molecule has 18 heavy (non-hydrogen) atoms. The van der Waals surface area contributed by atoms with E-state index in [0.717, 1.165) is 33.8 Å². The van der Waals surface area contributed by atoms with Crippen LogP contribution in [0.25, 0.3) is 11.3 Å². The van der Waals surface area contributed by atoms with Gasteiger partial charge in [0.15, 0.2) is 0 Å². The van der Waals surface area contributed by atoms with E-state index in [1.165, 1.54) is 12.8 Å². The lowest BCUT2D eigenvalue weighted by molar-refractivity contribution is 0.696. The van der Waals surface area contributed by atoms with Crippen molar-refractivity contribution in [2.45, 2.75) is 32.2 Å². The molecule has 1 fully saturated rings. The van der Waals surface area contributed by atoms with Gasteiger partial charge in [-0.3, -0.25) is 4.98 Å². The molecule has 0 unspecified atom stereocenters. The molecule has 0 spiro atoms. The van der Waals surface area contributed by atoms with Crippen LogP contribution in [0.1, 0.15) is 31.6 Å². The average Bonchev–Trinajstić information content (AvgIpc) is 3.13. The number of rotatable bonds is 3. The Hall–Kier alpha value is -1.36. The summed E-state index contributed by atoms with van der Waals surface area (Å²) in [4.78, 5) is 8.85. The van der Waals surface area contributed by atoms with Crippen molar-refractivity contribution in [2.24, 2.45) is 0 Å². The van der Waals surface area contributed by atoms with E-state index in [1.54, 1.807) is 12.4 Å². The quantitative estimate of drug-likeness (QED) is 0.947. The zero-order valence-corrected chi connectivity index (χ0v) is 11.8. The van der Waals surface area contributed by atoms with E-state index in [4.69, 9.17) is 5.73 Å². The van der Waals surface area contributed by atoms with Crippen molar-refractivity contribution in [3.8, 4) is 11.3 Å². The summed E-state index contributed by atoms with van der Waals surface area (Å²) < 4.78 is 3.13. The molecule has 0 amide bonds. The van der Waals surface area contributed by atoms with Gasteiger partial charge in [0, 0.05) is 34.9 Å². The van der Waals surface area contributed by atoms with E-state index in [1.807, 2.05) is 6.07 Å². The van der Waals surface area contributed by atoms with Gasteiger partial charge in [0.25, 0.3) is 0 Å². The molecule has 3 rings (SSSR count). The first-order chi connectivity index (χ1) is 8.70. The number of nitrogens with zero attached hydrogens (tertiary/aromatic N) is 3. The van der Waals surface area contributed by atoms with Crippen LogP contribution in [-0.2, 0) is 6.42 Å². The Kier molecular flexibility index (Phi) is 2.86. The molecular formula is C13H15BrN4. The molecule has 0 aromatic carbocycles. The number of hydrogen-bond donors (Lipinski definition) is 1. The minimum absolute atomic E-state index is 0.557. The second-order valence-electron chi connectivity index (χ2n) is 4.61. The van der Waals surface area contributed by atoms with Gasteiger partial charge in [0.2, 0.25) is 0 Å². The highest BCUT2D eigenvalue weighted by atomic mass is 79.9. The largest absolute Gasteiger partial charge is 0.383 e. The van der Waals surface area contributed by atoms with Crippen LogP contribution in [0.2, 0.25) is 0 Å². The first kappa shape index (κ1) is 11.7. The number of imidazole rings is 1. The summed E-state index contributed by atoms with van der Waals surface area (Å²) in [5, 5.41) is 0. The van der Waals surface area contributed by atoms with E-state index in [-0.39, 0.29) is 0 Å². The van der Waals surface area contributed by atoms with E-state index in [2.05, 4.69) is 37.4 Å². The van der Waals surface area contributed by atoms with Crippen LogP contribution in [-0.4, -0.2) is 14.5 Å². The second kappa shape index (κ2) is 4.39. The highest BCUT2D eigenvalue weighted by molar-refractivity contribution is 9.10. The topological polar surface area (TPSA) is 56.7 Å². The van der Waals surface area contributed by atoms with E-state index in [0.29, 0.717) is 6.04 Å². The number of pyridine rings is 1. The van der Waals surface area contributed by atoms with Crippen molar-refractivity contribution in [3.63, 3.8) is 0 Å². The van der Waals surface area contributed by atoms with Gasteiger partial charge in [0.05, 0.1) is 0 Å². The van der Waals surface area contributed by atoms with Crippen LogP contribution in [0.4, 0.5) is 5.82 Å². The zero-order chi connectivity index (χ0) is 12.7. The second-order valence-corrected chi connectivity index (χ2v) is 5.52. The van der Waals surface area contributed by atoms with Crippen LogP contribution >= 0.6 is 15.9 Å². The maximum atomic E-state index is 6.26. The lowest BCUT2D eigenvalue weighted by atomic mass is 10.2. The van der Waals surface area contributed by atoms with E-state index >= 15 is 0 Å². The van der Waals surface area contributed by atoms with Crippen LogP contribution < -0.4 is 5.73 Å². The molecule has 2 aromatic rings. The normalized spacial score (nSPS) is 15.0. The smallest absolute Gasteiger partial charge is 0.132 e. The lowest BCUT2D eigenvalue weighted by Crippen LogP contribution is -2.04. The highest BCUT2D eigenvalue weighted by Gasteiger charge is 2.29. The van der Waals surface area contributed by atoms with E-state index in [9.17, 15) is 0 Å². The minimum Gasteiger partial charge on any atom is -0.383 e. The maximum Gasteiger partial charge on any atom is 0.132 e. The Morgan fingerprint density at radius 3 is 2.83 bits per heavy atom. The molecule has 5 heteroatoms. The van der Waals surface area contributed by atoms with Gasteiger partial charge in [0.1, 0.15) is 17.3 Å². The molecule has 1 saturated carbocycles. The molecule has 1 aliphatic carbocycles. The van der Waals surface area contributed by atoms with Crippen molar-refractivity contribution in [1.29, 1.82) is 0 Å². The Bertz CT molecular complexity index is 587. The molecule has 4 nitrogen and oxygen atoms in total. The van der Waals surface area contributed by atoms with Crippen LogP contribution in [0.15, 0.2) is 22.9 Å². The average molecular weight is 307 g/mol. The molecule has 0 atom stereocenters. The molecule has 94 valence electrons. The summed E-state index contributed by atoms with van der Waals surface area (Å²) in [6.45, 7) is 2.11. The predicted octanol–water partition coefficient (Wildman–Crippen LogP) is 3.19. The number of aromatic nitrogens is 3. The third kappa shape index (κ3) is 1.92. The van der Waals surface area contributed by atoms with Crippen molar-refractivity contribution < 1.29 is 0 Å². The molecule has 0 radical (unpaired) electrons. The van der Waals surface area contributed by atoms with Gasteiger partial charge < -0.3 is 10.3 Å². The number of halogens is 1. The molecule has 0 saturated heterocycles. The van der Waals surface area contributed by atoms with Gasteiger partial charge in [-0.15, -0.1) is 0 Å². The molecule has 2 heterocycles. The van der Waals surface area contributed by atoms with Gasteiger partial charge in [-0.25, -0.2) is 4.98 Å². The Labute approximate surface area is 114 Å². The Morgan fingerprint density at radius 2 is 2.22 bits per heavy atom. The first-order valence-corrected chi connectivity index (χ1v) is 6.97. The highest BCUT2D eigenvalue weighted by Crippen LogP contribution is 2.41. The van der Waals surface area contributed by atoms with Gasteiger partial charge in [-0.05, 0) is 34.8 Å². The molecule has 1 aliphatic rings. The zero-order valence-electron chi connectivity index (χ0n) is 10.2. The molecule has 0 aliphatic heterocycles. The lowest BCUT2D eigenvalue weighted by Gasteiger charge is -2.06. The summed E-state index contributed by atoms with van der Waals surface area (Å²) in [6.07, 6.45) is 6.90. The fraction of sp³-hybridized carbons (Fsp3) is 0.385. The summed E-state index contributed by atoms with van der Waals surface area (Å²) in [7, 11) is 0. The summed E-state index contributed by atoms with van der Waals surface area (Å²) in [6, 6.07) is 2.56. The van der Waals surface area contributed by atoms with Crippen molar-refractivity contribution >= 4 is 21.7 Å². The third-order valence-corrected chi connectivity index (χ3v) is 3.66. The standard InChI is InChI=1S/C13H15BrN4/c1-2-11-17-12(8-5-9(14)7-16-6-8)13(15)18(11)10-3-4-10/h5-7,10H,2-4,15H2,1H3. The fourth-order valence-electron chi connectivity index (χ4n) is 2.24. The maximum absolute atomic E-state index is 6.26. The number of hydrogen-bond acceptors (Lipinski definition) is 3. The molecule has 0 bridgehead atoms. The number of nitrogen functional groups attached to an aromatic ring is 1. The molecular weight excluding hydrogens is 292 g/mol. The van der Waals surface area contributed by atoms with Crippen LogP contribution in [0, 0.1) is 0 Å². The van der Waals surface area contributed by atoms with Crippen LogP contribution in [0.5, 0.6) is 0 Å². The van der Waals surface area contributed by atoms with Crippen molar-refractivity contribution in [3.05, 3.63) is 28.8 Å². The summed E-state index contributed by atoms with van der Waals surface area (Å²) in [5.41, 5.74) is 8.08. The summed E-state index contributed by atoms with van der Waals surface area (Å²) in [5.74, 6) is 1.85. The van der Waals surface area contributed by atoms with Crippen molar-refractivity contribution in [1.82, 2.24) is 14.5 Å². The third-order valence-electron chi connectivity index (χ3n) is 3.23. The predicted molar refractivity (Wildman–Crippen MR) is 75.2 cm³/mol. The number of anilines is 1.